The van der Waals surface area contributed by atoms with Crippen molar-refractivity contribution in [2.24, 2.45) is 0 Å². The zero-order chi connectivity index (χ0) is 9.78. The summed E-state index contributed by atoms with van der Waals surface area (Å²) in [5.74, 6) is 0. The maximum atomic E-state index is 11.2. The summed E-state index contributed by atoms with van der Waals surface area (Å²) in [7, 11) is 5.47. The van der Waals surface area contributed by atoms with Crippen molar-refractivity contribution in [1.29, 1.82) is 0 Å². The molecule has 0 atom stereocenters. The van der Waals surface area contributed by atoms with Gasteiger partial charge in [-0.25, -0.2) is 0 Å². The van der Waals surface area contributed by atoms with E-state index in [9.17, 15) is 5.21 Å². The van der Waals surface area contributed by atoms with Crippen LogP contribution in [0.5, 0.6) is 0 Å². The molecule has 0 aromatic heterocycles. The molecule has 0 bridgehead atoms. The average Bonchev–Trinajstić information content (AvgIpc) is 1.84. The molecule has 0 aliphatic carbocycles. The number of hydroxylamine groups is 3. The van der Waals surface area contributed by atoms with Gasteiger partial charge in [0.2, 0.25) is 0 Å². The molecule has 0 rings (SSSR count). The summed E-state index contributed by atoms with van der Waals surface area (Å²) >= 11 is 0. The predicted octanol–water partition coefficient (Wildman–Crippen LogP) is 1.29. The average molecular weight is 174 g/mol. The van der Waals surface area contributed by atoms with E-state index in [1.54, 1.807) is 14.1 Å². The zero-order valence-electron chi connectivity index (χ0n) is 9.00. The molecule has 0 saturated carbocycles. The van der Waals surface area contributed by atoms with Crippen LogP contribution in [0.1, 0.15) is 20.3 Å². The van der Waals surface area contributed by atoms with Gasteiger partial charge in [-0.1, -0.05) is 0 Å². The largest absolute Gasteiger partial charge is 0.633 e. The van der Waals surface area contributed by atoms with Gasteiger partial charge in [-0.2, -0.15) is 0 Å². The molecular weight excluding hydrogens is 152 g/mol. The molecule has 0 aromatic rings. The van der Waals surface area contributed by atoms with Crippen LogP contribution in [0.2, 0.25) is 0 Å². The molecule has 0 aliphatic rings. The standard InChI is InChI=1S/C9H22N2O/c1-9(2)10(3)7-6-8-11(4,5)12/h9H,6-8H2,1-5H3. The van der Waals surface area contributed by atoms with Gasteiger partial charge in [0.25, 0.3) is 0 Å². The fourth-order valence-electron chi connectivity index (χ4n) is 0.959. The second kappa shape index (κ2) is 4.80. The van der Waals surface area contributed by atoms with Gasteiger partial charge in [0.15, 0.2) is 0 Å². The second-order valence-corrected chi connectivity index (χ2v) is 4.23. The van der Waals surface area contributed by atoms with E-state index < -0.39 is 0 Å². The topological polar surface area (TPSA) is 26.3 Å². The Bertz CT molecular complexity index is 118. The molecule has 0 saturated heterocycles. The van der Waals surface area contributed by atoms with Gasteiger partial charge in [-0.15, -0.1) is 0 Å². The highest BCUT2D eigenvalue weighted by atomic mass is 16.5. The summed E-state index contributed by atoms with van der Waals surface area (Å²) in [4.78, 5) is 2.26. The van der Waals surface area contributed by atoms with Gasteiger partial charge in [0, 0.05) is 19.0 Å². The fraction of sp³-hybridized carbons (Fsp3) is 1.00. The molecule has 12 heavy (non-hydrogen) atoms. The smallest absolute Gasteiger partial charge is 0.0792 e. The first kappa shape index (κ1) is 11.9. The Balaban J connectivity index is 3.44. The van der Waals surface area contributed by atoms with Crippen molar-refractivity contribution < 1.29 is 4.65 Å². The molecule has 0 aliphatic heterocycles. The quantitative estimate of drug-likeness (QED) is 0.464. The minimum absolute atomic E-state index is 0.175. The Morgan fingerprint density at radius 3 is 2.17 bits per heavy atom. The highest BCUT2D eigenvalue weighted by Gasteiger charge is 2.05. The fourth-order valence-corrected chi connectivity index (χ4v) is 0.959. The van der Waals surface area contributed by atoms with Crippen molar-refractivity contribution in [3.8, 4) is 0 Å². The summed E-state index contributed by atoms with van der Waals surface area (Å²) < 4.78 is -0.175. The molecule has 0 fully saturated rings. The van der Waals surface area contributed by atoms with E-state index >= 15 is 0 Å². The summed E-state index contributed by atoms with van der Waals surface area (Å²) in [6.45, 7) is 6.05. The highest BCUT2D eigenvalue weighted by molar-refractivity contribution is 4.56. The summed E-state index contributed by atoms with van der Waals surface area (Å²) in [6, 6.07) is 0.576. The molecule has 0 N–H and O–H groups in total. The third kappa shape index (κ3) is 6.58. The SMILES string of the molecule is CC(C)N(C)CCC[N+](C)(C)[O-]. The predicted molar refractivity (Wildman–Crippen MR) is 52.7 cm³/mol. The van der Waals surface area contributed by atoms with E-state index in [0.29, 0.717) is 12.6 Å². The Morgan fingerprint density at radius 2 is 1.83 bits per heavy atom. The lowest BCUT2D eigenvalue weighted by Crippen LogP contribution is -2.36. The van der Waals surface area contributed by atoms with E-state index in [2.05, 4.69) is 25.8 Å². The van der Waals surface area contributed by atoms with Gasteiger partial charge >= 0.3 is 0 Å². The van der Waals surface area contributed by atoms with E-state index in [4.69, 9.17) is 0 Å². The Kier molecular flexibility index (Phi) is 4.75. The summed E-state index contributed by atoms with van der Waals surface area (Å²) in [5.41, 5.74) is 0. The molecule has 0 unspecified atom stereocenters. The van der Waals surface area contributed by atoms with Crippen molar-refractivity contribution in [1.82, 2.24) is 4.90 Å². The van der Waals surface area contributed by atoms with Crippen LogP contribution in [0.15, 0.2) is 0 Å². The van der Waals surface area contributed by atoms with Crippen molar-refractivity contribution in [2.75, 3.05) is 34.2 Å². The Hall–Kier alpha value is -0.120. The van der Waals surface area contributed by atoms with E-state index in [0.717, 1.165) is 13.0 Å². The van der Waals surface area contributed by atoms with Gasteiger partial charge in [0.05, 0.1) is 20.6 Å². The normalized spacial score (nSPS) is 13.0. The minimum atomic E-state index is -0.175. The molecule has 0 radical (unpaired) electrons. The van der Waals surface area contributed by atoms with E-state index in [1.807, 2.05) is 0 Å². The Morgan fingerprint density at radius 1 is 1.33 bits per heavy atom. The number of hydrogen-bond acceptors (Lipinski definition) is 2. The number of rotatable bonds is 5. The molecule has 0 heterocycles. The third-order valence-corrected chi connectivity index (χ3v) is 2.09. The van der Waals surface area contributed by atoms with E-state index in [-0.39, 0.29) is 4.65 Å². The number of quaternary nitrogens is 1. The molecule has 3 nitrogen and oxygen atoms in total. The second-order valence-electron chi connectivity index (χ2n) is 4.23. The third-order valence-electron chi connectivity index (χ3n) is 2.09. The van der Waals surface area contributed by atoms with Crippen molar-refractivity contribution in [2.45, 2.75) is 26.3 Å². The van der Waals surface area contributed by atoms with Crippen LogP contribution in [0.25, 0.3) is 0 Å². The highest BCUT2D eigenvalue weighted by Crippen LogP contribution is 1.99. The first-order valence-corrected chi connectivity index (χ1v) is 4.57. The first-order chi connectivity index (χ1) is 5.33. The maximum absolute atomic E-state index is 11.2. The maximum Gasteiger partial charge on any atom is 0.0792 e. The number of nitrogens with zero attached hydrogens (tertiary/aromatic N) is 2. The monoisotopic (exact) mass is 174 g/mol. The van der Waals surface area contributed by atoms with Crippen LogP contribution in [-0.4, -0.2) is 49.8 Å². The summed E-state index contributed by atoms with van der Waals surface area (Å²) in [5, 5.41) is 11.2. The van der Waals surface area contributed by atoms with Gasteiger partial charge < -0.3 is 14.8 Å². The lowest BCUT2D eigenvalue weighted by molar-refractivity contribution is -0.840. The summed E-state index contributed by atoms with van der Waals surface area (Å²) in [6.07, 6.45) is 0.977. The molecule has 0 aromatic carbocycles. The van der Waals surface area contributed by atoms with Crippen molar-refractivity contribution in [3.05, 3.63) is 5.21 Å². The number of hydrogen-bond donors (Lipinski definition) is 0. The molecule has 0 amide bonds. The van der Waals surface area contributed by atoms with Crippen LogP contribution >= 0.6 is 0 Å². The van der Waals surface area contributed by atoms with Crippen LogP contribution in [0.4, 0.5) is 0 Å². The van der Waals surface area contributed by atoms with Crippen LogP contribution < -0.4 is 0 Å². The lowest BCUT2D eigenvalue weighted by atomic mass is 10.3. The Labute approximate surface area is 76.1 Å². The molecule has 0 spiro atoms. The van der Waals surface area contributed by atoms with Crippen LogP contribution in [0.3, 0.4) is 0 Å². The van der Waals surface area contributed by atoms with Crippen molar-refractivity contribution >= 4 is 0 Å². The molecule has 3 heteroatoms. The minimum Gasteiger partial charge on any atom is -0.633 e. The van der Waals surface area contributed by atoms with Crippen LogP contribution in [-0.2, 0) is 0 Å². The zero-order valence-corrected chi connectivity index (χ0v) is 9.00. The van der Waals surface area contributed by atoms with Gasteiger partial charge in [-0.3, -0.25) is 0 Å². The van der Waals surface area contributed by atoms with Gasteiger partial charge in [-0.05, 0) is 20.9 Å². The first-order valence-electron chi connectivity index (χ1n) is 4.57. The van der Waals surface area contributed by atoms with Crippen molar-refractivity contribution in [3.63, 3.8) is 0 Å². The molecule has 74 valence electrons. The van der Waals surface area contributed by atoms with E-state index in [1.165, 1.54) is 0 Å². The lowest BCUT2D eigenvalue weighted by Gasteiger charge is -2.34. The molecular formula is C9H22N2O. The van der Waals surface area contributed by atoms with Crippen LogP contribution in [0, 0.1) is 5.21 Å². The van der Waals surface area contributed by atoms with Gasteiger partial charge in [0.1, 0.15) is 0 Å².